The van der Waals surface area contributed by atoms with Crippen LogP contribution in [0.15, 0.2) is 46.2 Å². The van der Waals surface area contributed by atoms with Crippen LogP contribution in [0.1, 0.15) is 0 Å². The van der Waals surface area contributed by atoms with Crippen LogP contribution in [0, 0.1) is 0 Å². The molecule has 0 aliphatic rings. The molecule has 0 unspecified atom stereocenters. The Balaban J connectivity index is 2.44. The first-order valence-corrected chi connectivity index (χ1v) is 5.97. The molecular formula is C12H8B2S2. The fourth-order valence-corrected chi connectivity index (χ4v) is 2.40. The third kappa shape index (κ3) is 1.80. The van der Waals surface area contributed by atoms with Gasteiger partial charge in [0.2, 0.25) is 0 Å². The van der Waals surface area contributed by atoms with Crippen molar-refractivity contribution in [2.45, 2.75) is 9.79 Å². The van der Waals surface area contributed by atoms with Gasteiger partial charge < -0.3 is 0 Å². The molecule has 16 heavy (non-hydrogen) atoms. The Labute approximate surface area is 106 Å². The van der Waals surface area contributed by atoms with Gasteiger partial charge in [-0.05, 0) is 0 Å². The Morgan fingerprint density at radius 1 is 0.625 bits per heavy atom. The molecule has 0 aliphatic heterocycles. The molecule has 0 saturated heterocycles. The molecule has 74 valence electrons. The first-order chi connectivity index (χ1) is 7.72. The van der Waals surface area contributed by atoms with Crippen LogP contribution >= 0.6 is 25.3 Å². The maximum atomic E-state index is 4.36. The molecule has 0 spiro atoms. The van der Waals surface area contributed by atoms with Crippen LogP contribution in [0.2, 0.25) is 0 Å². The summed E-state index contributed by atoms with van der Waals surface area (Å²) < 4.78 is 0. The zero-order valence-electron chi connectivity index (χ0n) is 8.51. The zero-order valence-corrected chi connectivity index (χ0v) is 10.3. The summed E-state index contributed by atoms with van der Waals surface area (Å²) in [7, 11) is 0. The van der Waals surface area contributed by atoms with E-state index < -0.39 is 0 Å². The summed E-state index contributed by atoms with van der Waals surface area (Å²) >= 11 is 8.72. The number of hydrogen-bond donors (Lipinski definition) is 2. The molecule has 0 N–H and O–H groups in total. The van der Waals surface area contributed by atoms with Crippen molar-refractivity contribution >= 4 is 60.2 Å². The summed E-state index contributed by atoms with van der Waals surface area (Å²) in [6.45, 7) is 4.38. The summed E-state index contributed by atoms with van der Waals surface area (Å²) in [4.78, 5) is 2.00. The van der Waals surface area contributed by atoms with Gasteiger partial charge in [-0.15, -0.1) is 0 Å². The van der Waals surface area contributed by atoms with E-state index >= 15 is 0 Å². The fourth-order valence-electron chi connectivity index (χ4n) is 1.97. The molecule has 2 aromatic carbocycles. The van der Waals surface area contributed by atoms with Crippen molar-refractivity contribution in [2.24, 2.45) is 0 Å². The average Bonchev–Trinajstić information content (AvgIpc) is 2.26. The Bertz CT molecular complexity index is 633. The summed E-state index contributed by atoms with van der Waals surface area (Å²) in [5.41, 5.74) is 0. The van der Waals surface area contributed by atoms with E-state index in [0.29, 0.717) is 0 Å². The maximum absolute atomic E-state index is 4.36. The van der Waals surface area contributed by atoms with Crippen LogP contribution in [0.5, 0.6) is 0 Å². The standard InChI is InChI=1S/C12H8B2S2/c15-7-1-3-9-11(5-7)14-10-4-2-8(16)6-12(10)13-9/h1-6,15-16H. The number of fused-ring (bicyclic) bond motifs is 2. The molecular weight excluding hydrogens is 230 g/mol. The molecule has 3 aromatic rings. The quantitative estimate of drug-likeness (QED) is 0.436. The Morgan fingerprint density at radius 3 is 1.50 bits per heavy atom. The van der Waals surface area contributed by atoms with Crippen LogP contribution in [-0.4, -0.2) is 13.8 Å². The average molecular weight is 238 g/mol. The van der Waals surface area contributed by atoms with Gasteiger partial charge in [0, 0.05) is 0 Å². The molecule has 0 bridgehead atoms. The van der Waals surface area contributed by atoms with Crippen LogP contribution in [-0.2, 0) is 0 Å². The van der Waals surface area contributed by atoms with Crippen molar-refractivity contribution in [3.8, 4) is 0 Å². The van der Waals surface area contributed by atoms with E-state index in [1.807, 2.05) is 12.1 Å². The SMILES string of the molecule is Sc1ccc2bc3cc(S)ccc3bc2c1. The van der Waals surface area contributed by atoms with Crippen LogP contribution in [0.4, 0.5) is 0 Å². The summed E-state index contributed by atoms with van der Waals surface area (Å²) in [6, 6.07) is 12.4. The summed E-state index contributed by atoms with van der Waals surface area (Å²) in [5, 5.41) is 4.94. The van der Waals surface area contributed by atoms with E-state index in [1.54, 1.807) is 0 Å². The van der Waals surface area contributed by atoms with Crippen LogP contribution < -0.4 is 0 Å². The van der Waals surface area contributed by atoms with E-state index in [1.165, 1.54) is 21.1 Å². The number of hydrogen-bond acceptors (Lipinski definition) is 2. The number of benzene rings is 2. The third-order valence-corrected chi connectivity index (χ3v) is 3.32. The normalized spacial score (nSPS) is 10.6. The van der Waals surface area contributed by atoms with Gasteiger partial charge in [-0.1, -0.05) is 0 Å². The monoisotopic (exact) mass is 238 g/mol. The summed E-state index contributed by atoms with van der Waals surface area (Å²) in [6.07, 6.45) is 0. The second-order valence-electron chi connectivity index (χ2n) is 3.92. The van der Waals surface area contributed by atoms with Crippen molar-refractivity contribution in [1.29, 1.82) is 0 Å². The van der Waals surface area contributed by atoms with Crippen LogP contribution in [0.3, 0.4) is 0 Å². The van der Waals surface area contributed by atoms with Crippen molar-refractivity contribution < 1.29 is 0 Å². The predicted octanol–water partition coefficient (Wildman–Crippen LogP) is 3.25. The van der Waals surface area contributed by atoms with Gasteiger partial charge in [0.05, 0.1) is 0 Å². The molecule has 0 amide bonds. The van der Waals surface area contributed by atoms with Crippen molar-refractivity contribution in [3.63, 3.8) is 0 Å². The molecule has 0 aliphatic carbocycles. The fraction of sp³-hybridized carbons (Fsp3) is 0. The van der Waals surface area contributed by atoms with E-state index in [4.69, 9.17) is 0 Å². The molecule has 0 saturated carbocycles. The predicted molar refractivity (Wildman–Crippen MR) is 78.7 cm³/mol. The zero-order chi connectivity index (χ0) is 11.1. The Kier molecular flexibility index (Phi) is 2.56. The molecule has 0 atom stereocenters. The van der Waals surface area contributed by atoms with Gasteiger partial charge in [0.1, 0.15) is 0 Å². The Morgan fingerprint density at radius 2 is 1.06 bits per heavy atom. The minimum absolute atomic E-state index is 0.998. The van der Waals surface area contributed by atoms with E-state index in [2.05, 4.69) is 63.3 Å². The minimum atomic E-state index is 0.998. The van der Waals surface area contributed by atoms with Gasteiger partial charge in [-0.25, -0.2) is 0 Å². The number of rotatable bonds is 0. The van der Waals surface area contributed by atoms with Gasteiger partial charge in [-0.3, -0.25) is 0 Å². The third-order valence-electron chi connectivity index (χ3n) is 2.76. The van der Waals surface area contributed by atoms with Gasteiger partial charge in [-0.2, -0.15) is 0 Å². The van der Waals surface area contributed by atoms with Gasteiger partial charge in [0.25, 0.3) is 0 Å². The van der Waals surface area contributed by atoms with E-state index in [9.17, 15) is 0 Å². The Hall–Kier alpha value is -0.730. The van der Waals surface area contributed by atoms with E-state index in [-0.39, 0.29) is 0 Å². The first kappa shape index (κ1) is 10.4. The van der Waals surface area contributed by atoms with Gasteiger partial charge in [0.15, 0.2) is 0 Å². The van der Waals surface area contributed by atoms with Crippen molar-refractivity contribution in [2.75, 3.05) is 0 Å². The molecule has 3 rings (SSSR count). The molecule has 0 radical (unpaired) electrons. The first-order valence-electron chi connectivity index (χ1n) is 5.08. The molecule has 4 heteroatoms. The molecule has 0 fully saturated rings. The molecule has 1 aromatic heterocycles. The van der Waals surface area contributed by atoms with Crippen molar-refractivity contribution in [3.05, 3.63) is 36.4 Å². The second kappa shape index (κ2) is 3.94. The van der Waals surface area contributed by atoms with E-state index in [0.717, 1.165) is 9.79 Å². The molecule has 0 nitrogen and oxygen atoms in total. The van der Waals surface area contributed by atoms with Crippen molar-refractivity contribution in [1.82, 2.24) is 0 Å². The topological polar surface area (TPSA) is 0 Å². The van der Waals surface area contributed by atoms with Gasteiger partial charge >= 0.3 is 106 Å². The van der Waals surface area contributed by atoms with Crippen LogP contribution in [0.25, 0.3) is 21.1 Å². The second-order valence-corrected chi connectivity index (χ2v) is 4.95. The number of thiol groups is 2. The molecule has 1 heterocycles. The summed E-state index contributed by atoms with van der Waals surface area (Å²) in [5.74, 6) is 0.